The summed E-state index contributed by atoms with van der Waals surface area (Å²) in [6.07, 6.45) is 2.05. The molecule has 2 heterocycles. The highest BCUT2D eigenvalue weighted by Gasteiger charge is 2.31. The number of halogens is 2. The Bertz CT molecular complexity index is 1200. The van der Waals surface area contributed by atoms with Crippen molar-refractivity contribution in [3.63, 3.8) is 0 Å². The van der Waals surface area contributed by atoms with Gasteiger partial charge in [-0.3, -0.25) is 14.6 Å². The van der Waals surface area contributed by atoms with E-state index in [0.29, 0.717) is 41.4 Å². The number of fused-ring (bicyclic) bond motifs is 1. The van der Waals surface area contributed by atoms with Crippen LogP contribution in [0.15, 0.2) is 48.7 Å². The summed E-state index contributed by atoms with van der Waals surface area (Å²) in [7, 11) is 1.37. The maximum absolute atomic E-state index is 13.5. The fraction of sp³-hybridized carbons (Fsp3) is 0.320. The van der Waals surface area contributed by atoms with Crippen molar-refractivity contribution in [3.8, 4) is 16.9 Å². The van der Waals surface area contributed by atoms with Gasteiger partial charge in [-0.25, -0.2) is 4.39 Å². The summed E-state index contributed by atoms with van der Waals surface area (Å²) in [6, 6.07) is 11.5. The number of aromatic nitrogens is 1. The molecule has 4 rings (SSSR count). The first-order chi connectivity index (χ1) is 15.9. The maximum Gasteiger partial charge on any atom is 0.305 e. The van der Waals surface area contributed by atoms with E-state index in [4.69, 9.17) is 21.1 Å². The molecule has 6 nitrogen and oxygen atoms in total. The number of ether oxygens (including phenoxy) is 2. The van der Waals surface area contributed by atoms with Crippen LogP contribution in [0.25, 0.3) is 22.0 Å². The van der Waals surface area contributed by atoms with E-state index in [0.717, 1.165) is 17.4 Å². The van der Waals surface area contributed by atoms with Crippen LogP contribution < -0.4 is 4.74 Å². The molecule has 1 fully saturated rings. The van der Waals surface area contributed by atoms with Gasteiger partial charge in [-0.2, -0.15) is 0 Å². The molecular weight excluding hydrogens is 447 g/mol. The summed E-state index contributed by atoms with van der Waals surface area (Å²) in [5.74, 6) is -0.157. The van der Waals surface area contributed by atoms with Crippen LogP contribution >= 0.6 is 11.6 Å². The Morgan fingerprint density at radius 2 is 2.03 bits per heavy atom. The standard InChI is InChI=1S/C25H24ClFN2O4/c1-15(25(31)29-10-8-16(14-29)11-24(30)32-2)33-18-4-6-21-19(7-9-28-23(21)13-18)20-5-3-17(27)12-22(20)26/h3-7,9,12-13,15-16H,8,10-11,14H2,1-2H3/t15-,16+/m1/s1. The zero-order chi connectivity index (χ0) is 23.5. The highest BCUT2D eigenvalue weighted by Crippen LogP contribution is 2.34. The van der Waals surface area contributed by atoms with Crippen molar-refractivity contribution in [2.24, 2.45) is 5.92 Å². The van der Waals surface area contributed by atoms with Crippen LogP contribution in [0.4, 0.5) is 4.39 Å². The van der Waals surface area contributed by atoms with Crippen molar-refractivity contribution in [1.29, 1.82) is 0 Å². The van der Waals surface area contributed by atoms with Gasteiger partial charge in [-0.1, -0.05) is 11.6 Å². The van der Waals surface area contributed by atoms with Crippen molar-refractivity contribution >= 4 is 34.4 Å². The Morgan fingerprint density at radius 3 is 2.79 bits per heavy atom. The molecule has 0 N–H and O–H groups in total. The third-order valence-corrected chi connectivity index (χ3v) is 6.19. The fourth-order valence-corrected chi connectivity index (χ4v) is 4.44. The number of carbonyl (C=O) groups excluding carboxylic acids is 2. The number of hydrogen-bond donors (Lipinski definition) is 0. The number of esters is 1. The maximum atomic E-state index is 13.5. The minimum atomic E-state index is -0.686. The van der Waals surface area contributed by atoms with Crippen molar-refractivity contribution in [2.75, 3.05) is 20.2 Å². The number of carbonyl (C=O) groups is 2. The molecule has 0 spiro atoms. The molecule has 1 amide bonds. The lowest BCUT2D eigenvalue weighted by Crippen LogP contribution is -2.39. The first-order valence-electron chi connectivity index (χ1n) is 10.7. The number of rotatable bonds is 6. The lowest BCUT2D eigenvalue weighted by Gasteiger charge is -2.22. The Kier molecular flexibility index (Phi) is 6.79. The minimum Gasteiger partial charge on any atom is -0.481 e. The van der Waals surface area contributed by atoms with Gasteiger partial charge in [0.05, 0.1) is 24.1 Å². The second-order valence-electron chi connectivity index (χ2n) is 8.14. The predicted molar refractivity (Wildman–Crippen MR) is 124 cm³/mol. The van der Waals surface area contributed by atoms with E-state index in [1.807, 2.05) is 12.1 Å². The Morgan fingerprint density at radius 1 is 1.21 bits per heavy atom. The van der Waals surface area contributed by atoms with Gasteiger partial charge in [-0.05, 0) is 61.2 Å². The summed E-state index contributed by atoms with van der Waals surface area (Å²) in [5.41, 5.74) is 2.21. The van der Waals surface area contributed by atoms with Crippen molar-refractivity contribution in [3.05, 3.63) is 59.5 Å². The average Bonchev–Trinajstić information content (AvgIpc) is 3.26. The van der Waals surface area contributed by atoms with Crippen LogP contribution in [0, 0.1) is 11.7 Å². The zero-order valence-electron chi connectivity index (χ0n) is 18.4. The molecule has 33 heavy (non-hydrogen) atoms. The van der Waals surface area contributed by atoms with E-state index in [1.54, 1.807) is 36.2 Å². The summed E-state index contributed by atoms with van der Waals surface area (Å²) in [5, 5.41) is 1.15. The lowest BCUT2D eigenvalue weighted by atomic mass is 10.0. The van der Waals surface area contributed by atoms with E-state index >= 15 is 0 Å². The molecule has 0 unspecified atom stereocenters. The Hall–Kier alpha value is -3.19. The molecule has 1 aliphatic heterocycles. The van der Waals surface area contributed by atoms with Gasteiger partial charge in [0.25, 0.3) is 5.91 Å². The SMILES string of the molecule is COC(=O)C[C@@H]1CCN(C(=O)[C@@H](C)Oc2ccc3c(-c4ccc(F)cc4Cl)ccnc3c2)C1. The van der Waals surface area contributed by atoms with Crippen LogP contribution in [0.5, 0.6) is 5.75 Å². The Balaban J connectivity index is 1.48. The average molecular weight is 471 g/mol. The van der Waals surface area contributed by atoms with Crippen LogP contribution in [-0.2, 0) is 14.3 Å². The van der Waals surface area contributed by atoms with Gasteiger partial charge < -0.3 is 14.4 Å². The molecule has 1 aliphatic rings. The molecule has 1 aromatic heterocycles. The van der Waals surface area contributed by atoms with Crippen LogP contribution in [0.2, 0.25) is 5.02 Å². The van der Waals surface area contributed by atoms with Gasteiger partial charge in [0.15, 0.2) is 6.10 Å². The van der Waals surface area contributed by atoms with E-state index in [9.17, 15) is 14.0 Å². The van der Waals surface area contributed by atoms with Crippen LogP contribution in [0.3, 0.4) is 0 Å². The van der Waals surface area contributed by atoms with Crippen LogP contribution in [-0.4, -0.2) is 48.1 Å². The van der Waals surface area contributed by atoms with Gasteiger partial charge in [0, 0.05) is 36.3 Å². The topological polar surface area (TPSA) is 68.7 Å². The lowest BCUT2D eigenvalue weighted by molar-refractivity contribution is -0.142. The van der Waals surface area contributed by atoms with E-state index < -0.39 is 11.9 Å². The van der Waals surface area contributed by atoms with Crippen LogP contribution in [0.1, 0.15) is 19.8 Å². The molecule has 3 aromatic rings. The molecule has 2 atom stereocenters. The van der Waals surface area contributed by atoms with Gasteiger partial charge in [-0.15, -0.1) is 0 Å². The zero-order valence-corrected chi connectivity index (χ0v) is 19.1. The van der Waals surface area contributed by atoms with Gasteiger partial charge in [0.2, 0.25) is 0 Å². The molecule has 0 radical (unpaired) electrons. The van der Waals surface area contributed by atoms with E-state index in [1.165, 1.54) is 19.2 Å². The second-order valence-corrected chi connectivity index (χ2v) is 8.55. The fourth-order valence-electron chi connectivity index (χ4n) is 4.17. The molecule has 0 bridgehead atoms. The predicted octanol–water partition coefficient (Wildman–Crippen LogP) is 4.87. The third-order valence-electron chi connectivity index (χ3n) is 5.88. The van der Waals surface area contributed by atoms with Gasteiger partial charge >= 0.3 is 5.97 Å². The molecular formula is C25H24ClFN2O4. The number of pyridine rings is 1. The van der Waals surface area contributed by atoms with E-state index in [-0.39, 0.29) is 17.8 Å². The first-order valence-corrected chi connectivity index (χ1v) is 11.1. The van der Waals surface area contributed by atoms with E-state index in [2.05, 4.69) is 4.98 Å². The number of amides is 1. The number of hydrogen-bond acceptors (Lipinski definition) is 5. The number of nitrogens with zero attached hydrogens (tertiary/aromatic N) is 2. The van der Waals surface area contributed by atoms with Crippen molar-refractivity contribution < 1.29 is 23.5 Å². The first kappa shape index (κ1) is 23.0. The normalized spacial score (nSPS) is 16.6. The van der Waals surface area contributed by atoms with Crippen molar-refractivity contribution in [1.82, 2.24) is 9.88 Å². The summed E-state index contributed by atoms with van der Waals surface area (Å²) in [6.45, 7) is 2.82. The largest absolute Gasteiger partial charge is 0.481 e. The molecule has 0 saturated carbocycles. The third kappa shape index (κ3) is 5.09. The highest BCUT2D eigenvalue weighted by molar-refractivity contribution is 6.33. The number of benzene rings is 2. The summed E-state index contributed by atoms with van der Waals surface area (Å²) in [4.78, 5) is 30.5. The summed E-state index contributed by atoms with van der Waals surface area (Å²) >= 11 is 6.25. The summed E-state index contributed by atoms with van der Waals surface area (Å²) < 4.78 is 24.1. The number of likely N-dealkylation sites (tertiary alicyclic amines) is 1. The van der Waals surface area contributed by atoms with Crippen molar-refractivity contribution in [2.45, 2.75) is 25.9 Å². The molecule has 8 heteroatoms. The molecule has 1 saturated heterocycles. The van der Waals surface area contributed by atoms with Gasteiger partial charge in [0.1, 0.15) is 11.6 Å². The molecule has 2 aromatic carbocycles. The second kappa shape index (κ2) is 9.75. The smallest absolute Gasteiger partial charge is 0.305 e. The minimum absolute atomic E-state index is 0.107. The monoisotopic (exact) mass is 470 g/mol. The number of methoxy groups -OCH3 is 1. The highest BCUT2D eigenvalue weighted by atomic mass is 35.5. The Labute approximate surface area is 196 Å². The molecule has 0 aliphatic carbocycles. The molecule has 172 valence electrons. The quantitative estimate of drug-likeness (QED) is 0.480.